The maximum atomic E-state index is 12.2. The number of morpholine rings is 1. The van der Waals surface area contributed by atoms with Crippen molar-refractivity contribution in [3.63, 3.8) is 0 Å². The van der Waals surface area contributed by atoms with E-state index in [9.17, 15) is 18.0 Å². The summed E-state index contributed by atoms with van der Waals surface area (Å²) < 4.78 is 45.1. The Hall–Kier alpha value is -1.80. The maximum absolute atomic E-state index is 12.2. The molecule has 0 saturated carbocycles. The second-order valence-corrected chi connectivity index (χ2v) is 4.50. The summed E-state index contributed by atoms with van der Waals surface area (Å²) in [6.45, 7) is 0.737. The monoisotopic (exact) mass is 305 g/mol. The van der Waals surface area contributed by atoms with Crippen LogP contribution in [0.15, 0.2) is 24.3 Å². The topological polar surface area (TPSA) is 59.0 Å². The third kappa shape index (κ3) is 4.33. The highest BCUT2D eigenvalue weighted by atomic mass is 19.4. The van der Waals surface area contributed by atoms with Crippen molar-refractivity contribution in [2.75, 3.05) is 26.3 Å². The van der Waals surface area contributed by atoms with Gasteiger partial charge in [0, 0.05) is 18.7 Å². The number of benzene rings is 1. The number of carbonyl (C=O) groups is 1. The minimum Gasteiger partial charge on any atom is -0.406 e. The summed E-state index contributed by atoms with van der Waals surface area (Å²) in [7, 11) is 0. The van der Waals surface area contributed by atoms with Crippen molar-refractivity contribution in [3.05, 3.63) is 29.8 Å². The minimum atomic E-state index is -4.76. The van der Waals surface area contributed by atoms with Crippen molar-refractivity contribution < 1.29 is 32.5 Å². The highest BCUT2D eigenvalue weighted by molar-refractivity contribution is 5.94. The Morgan fingerprint density at radius 2 is 2.05 bits per heavy atom. The Bertz CT molecular complexity index is 489. The van der Waals surface area contributed by atoms with Crippen LogP contribution in [-0.2, 0) is 4.74 Å². The van der Waals surface area contributed by atoms with Crippen LogP contribution in [0.25, 0.3) is 0 Å². The van der Waals surface area contributed by atoms with Crippen LogP contribution < -0.4 is 4.74 Å². The first-order valence-corrected chi connectivity index (χ1v) is 6.26. The zero-order valence-corrected chi connectivity index (χ0v) is 11.0. The summed E-state index contributed by atoms with van der Waals surface area (Å²) in [5.41, 5.74) is 0.253. The van der Waals surface area contributed by atoms with Gasteiger partial charge < -0.3 is 19.5 Å². The standard InChI is InChI=1S/C13H14F3NO4/c14-13(15,16)21-10-3-1-9(2-4-10)12(19)17-5-6-20-11(7-17)8-18/h1-4,11,18H,5-8H2. The summed E-state index contributed by atoms with van der Waals surface area (Å²) in [6, 6.07) is 4.72. The summed E-state index contributed by atoms with van der Waals surface area (Å²) in [5, 5.41) is 9.02. The molecule has 1 aromatic rings. The lowest BCUT2D eigenvalue weighted by molar-refractivity contribution is -0.274. The Balaban J connectivity index is 2.02. The Labute approximate surface area is 118 Å². The smallest absolute Gasteiger partial charge is 0.406 e. The van der Waals surface area contributed by atoms with Crippen molar-refractivity contribution in [1.29, 1.82) is 0 Å². The minimum absolute atomic E-state index is 0.192. The normalized spacial score (nSPS) is 19.4. The van der Waals surface area contributed by atoms with Crippen molar-refractivity contribution in [1.82, 2.24) is 4.90 Å². The molecule has 1 unspecified atom stereocenters. The molecule has 0 bridgehead atoms. The molecule has 0 radical (unpaired) electrons. The van der Waals surface area contributed by atoms with Gasteiger partial charge in [0.15, 0.2) is 0 Å². The van der Waals surface area contributed by atoms with Crippen molar-refractivity contribution in [2.45, 2.75) is 12.5 Å². The van der Waals surface area contributed by atoms with Crippen molar-refractivity contribution in [2.24, 2.45) is 0 Å². The van der Waals surface area contributed by atoms with E-state index in [1.165, 1.54) is 17.0 Å². The molecule has 1 aliphatic heterocycles. The first-order chi connectivity index (χ1) is 9.89. The molecular weight excluding hydrogens is 291 g/mol. The molecule has 5 nitrogen and oxygen atoms in total. The van der Waals surface area contributed by atoms with Gasteiger partial charge in [-0.2, -0.15) is 0 Å². The molecule has 0 aromatic heterocycles. The average molecular weight is 305 g/mol. The van der Waals surface area contributed by atoms with Gasteiger partial charge in [0.1, 0.15) is 5.75 Å². The van der Waals surface area contributed by atoms with Gasteiger partial charge in [0.25, 0.3) is 5.91 Å². The molecule has 1 saturated heterocycles. The molecule has 1 heterocycles. The molecule has 2 rings (SSSR count). The Morgan fingerprint density at radius 3 is 2.62 bits per heavy atom. The van der Waals surface area contributed by atoms with Gasteiger partial charge in [-0.05, 0) is 24.3 Å². The molecule has 1 aliphatic rings. The zero-order chi connectivity index (χ0) is 15.5. The molecular formula is C13H14F3NO4. The highest BCUT2D eigenvalue weighted by Gasteiger charge is 2.31. The molecule has 8 heteroatoms. The number of amides is 1. The van der Waals surface area contributed by atoms with Crippen LogP contribution >= 0.6 is 0 Å². The molecule has 21 heavy (non-hydrogen) atoms. The average Bonchev–Trinajstić information content (AvgIpc) is 2.46. The first-order valence-electron chi connectivity index (χ1n) is 6.26. The number of halogens is 3. The molecule has 0 spiro atoms. The first kappa shape index (κ1) is 15.6. The van der Waals surface area contributed by atoms with Crippen LogP contribution in [0.1, 0.15) is 10.4 Å². The second-order valence-electron chi connectivity index (χ2n) is 4.50. The highest BCUT2D eigenvalue weighted by Crippen LogP contribution is 2.23. The maximum Gasteiger partial charge on any atom is 0.573 e. The zero-order valence-electron chi connectivity index (χ0n) is 11.0. The summed E-state index contributed by atoms with van der Waals surface area (Å²) >= 11 is 0. The van der Waals surface area contributed by atoms with E-state index in [0.29, 0.717) is 13.2 Å². The second kappa shape index (κ2) is 6.31. The number of rotatable bonds is 3. The lowest BCUT2D eigenvalue weighted by Gasteiger charge is -2.32. The van der Waals surface area contributed by atoms with Crippen LogP contribution in [-0.4, -0.2) is 54.7 Å². The van der Waals surface area contributed by atoms with E-state index in [2.05, 4.69) is 4.74 Å². The van der Waals surface area contributed by atoms with Crippen molar-refractivity contribution >= 4 is 5.91 Å². The molecule has 1 fully saturated rings. The lowest BCUT2D eigenvalue weighted by Crippen LogP contribution is -2.46. The lowest BCUT2D eigenvalue weighted by atomic mass is 10.1. The van der Waals surface area contributed by atoms with E-state index < -0.39 is 12.5 Å². The van der Waals surface area contributed by atoms with Crippen LogP contribution in [0.4, 0.5) is 13.2 Å². The largest absolute Gasteiger partial charge is 0.573 e. The molecule has 116 valence electrons. The van der Waals surface area contributed by atoms with E-state index in [-0.39, 0.29) is 30.4 Å². The van der Waals surface area contributed by atoms with Crippen molar-refractivity contribution in [3.8, 4) is 5.75 Å². The number of aliphatic hydroxyl groups is 1. The van der Waals surface area contributed by atoms with Gasteiger partial charge in [0.2, 0.25) is 0 Å². The Kier molecular flexibility index (Phi) is 4.69. The van der Waals surface area contributed by atoms with Crippen LogP contribution in [0.3, 0.4) is 0 Å². The fraction of sp³-hybridized carbons (Fsp3) is 0.462. The fourth-order valence-corrected chi connectivity index (χ4v) is 2.00. The molecule has 1 N–H and O–H groups in total. The number of hydrogen-bond acceptors (Lipinski definition) is 4. The van der Waals surface area contributed by atoms with E-state index in [1.807, 2.05) is 0 Å². The van der Waals surface area contributed by atoms with Gasteiger partial charge in [-0.15, -0.1) is 13.2 Å². The molecule has 1 aromatic carbocycles. The van der Waals surface area contributed by atoms with Gasteiger partial charge in [-0.25, -0.2) is 0 Å². The quantitative estimate of drug-likeness (QED) is 0.917. The number of nitrogens with zero attached hydrogens (tertiary/aromatic N) is 1. The predicted molar refractivity (Wildman–Crippen MR) is 65.9 cm³/mol. The summed E-state index contributed by atoms with van der Waals surface area (Å²) in [5.74, 6) is -0.704. The van der Waals surface area contributed by atoms with Gasteiger partial charge in [-0.3, -0.25) is 4.79 Å². The SMILES string of the molecule is O=C(c1ccc(OC(F)(F)F)cc1)N1CCOC(CO)C1. The van der Waals surface area contributed by atoms with E-state index in [0.717, 1.165) is 12.1 Å². The van der Waals surface area contributed by atoms with Crippen LogP contribution in [0, 0.1) is 0 Å². The number of aliphatic hydroxyl groups excluding tert-OH is 1. The summed E-state index contributed by atoms with van der Waals surface area (Å²) in [4.78, 5) is 13.7. The van der Waals surface area contributed by atoms with Gasteiger partial charge in [-0.1, -0.05) is 0 Å². The Morgan fingerprint density at radius 1 is 1.38 bits per heavy atom. The summed E-state index contributed by atoms with van der Waals surface area (Å²) in [6.07, 6.45) is -5.19. The fourth-order valence-electron chi connectivity index (χ4n) is 2.00. The third-order valence-corrected chi connectivity index (χ3v) is 2.96. The molecule has 1 amide bonds. The van der Waals surface area contributed by atoms with Gasteiger partial charge >= 0.3 is 6.36 Å². The third-order valence-electron chi connectivity index (χ3n) is 2.96. The molecule has 1 atom stereocenters. The predicted octanol–water partition coefficient (Wildman–Crippen LogP) is 1.42. The van der Waals surface area contributed by atoms with E-state index in [1.54, 1.807) is 0 Å². The number of ether oxygens (including phenoxy) is 2. The number of hydrogen-bond donors (Lipinski definition) is 1. The van der Waals surface area contributed by atoms with Crippen LogP contribution in [0.2, 0.25) is 0 Å². The van der Waals surface area contributed by atoms with E-state index >= 15 is 0 Å². The number of carbonyl (C=O) groups excluding carboxylic acids is 1. The molecule has 0 aliphatic carbocycles. The van der Waals surface area contributed by atoms with Crippen LogP contribution in [0.5, 0.6) is 5.75 Å². The number of alkyl halides is 3. The van der Waals surface area contributed by atoms with E-state index in [4.69, 9.17) is 9.84 Å². The van der Waals surface area contributed by atoms with Gasteiger partial charge in [0.05, 0.1) is 19.3 Å².